The number of hydrogen-bond acceptors (Lipinski definition) is 3. The lowest BCUT2D eigenvalue weighted by atomic mass is 10.1. The number of anilines is 2. The third-order valence-electron chi connectivity index (χ3n) is 2.91. The van der Waals surface area contributed by atoms with Crippen LogP contribution in [-0.2, 0) is 0 Å². The van der Waals surface area contributed by atoms with Gasteiger partial charge in [0, 0.05) is 23.3 Å². The van der Waals surface area contributed by atoms with Crippen molar-refractivity contribution in [3.05, 3.63) is 57.0 Å². The number of nitrogens with one attached hydrogen (secondary N) is 2. The molecule has 0 fully saturated rings. The lowest BCUT2D eigenvalue weighted by Crippen LogP contribution is -2.04. The molecule has 2 aromatic rings. The Kier molecular flexibility index (Phi) is 5.34. The van der Waals surface area contributed by atoms with E-state index in [1.165, 1.54) is 0 Å². The maximum absolute atomic E-state index is 6.04. The highest BCUT2D eigenvalue weighted by Gasteiger charge is 2.06. The van der Waals surface area contributed by atoms with Crippen molar-refractivity contribution in [2.24, 2.45) is 5.10 Å². The SMILES string of the molecule is CNc1ccc(Cl)cc1/C(C)=N\Nc1ccc(Cl)c(Cl)c1. The average Bonchev–Trinajstić information content (AvgIpc) is 2.48. The molecule has 0 atom stereocenters. The smallest absolute Gasteiger partial charge is 0.0669 e. The van der Waals surface area contributed by atoms with Crippen molar-refractivity contribution in [1.29, 1.82) is 0 Å². The molecule has 0 radical (unpaired) electrons. The molecule has 0 saturated heterocycles. The highest BCUT2D eigenvalue weighted by atomic mass is 35.5. The van der Waals surface area contributed by atoms with Crippen molar-refractivity contribution < 1.29 is 0 Å². The second-order valence-corrected chi connectivity index (χ2v) is 5.63. The second kappa shape index (κ2) is 7.03. The lowest BCUT2D eigenvalue weighted by molar-refractivity contribution is 1.32. The first-order chi connectivity index (χ1) is 10.0. The maximum Gasteiger partial charge on any atom is 0.0669 e. The van der Waals surface area contributed by atoms with Gasteiger partial charge in [0.1, 0.15) is 0 Å². The molecule has 2 N–H and O–H groups in total. The van der Waals surface area contributed by atoms with Gasteiger partial charge in [0.25, 0.3) is 0 Å². The molecule has 0 unspecified atom stereocenters. The molecule has 0 aliphatic carbocycles. The van der Waals surface area contributed by atoms with Gasteiger partial charge in [-0.05, 0) is 43.3 Å². The monoisotopic (exact) mass is 341 g/mol. The van der Waals surface area contributed by atoms with Crippen molar-refractivity contribution in [2.75, 3.05) is 17.8 Å². The van der Waals surface area contributed by atoms with Gasteiger partial charge in [-0.25, -0.2) is 0 Å². The summed E-state index contributed by atoms with van der Waals surface area (Å²) in [6.45, 7) is 1.90. The van der Waals surface area contributed by atoms with E-state index in [0.717, 1.165) is 22.6 Å². The fraction of sp³-hybridized carbons (Fsp3) is 0.133. The minimum Gasteiger partial charge on any atom is -0.388 e. The molecule has 2 rings (SSSR count). The van der Waals surface area contributed by atoms with Gasteiger partial charge in [-0.15, -0.1) is 0 Å². The minimum absolute atomic E-state index is 0.480. The predicted molar refractivity (Wildman–Crippen MR) is 93.3 cm³/mol. The minimum atomic E-state index is 0.480. The van der Waals surface area contributed by atoms with Crippen LogP contribution in [0.3, 0.4) is 0 Å². The van der Waals surface area contributed by atoms with Gasteiger partial charge in [-0.1, -0.05) is 34.8 Å². The molecule has 0 heterocycles. The van der Waals surface area contributed by atoms with Crippen molar-refractivity contribution in [3.63, 3.8) is 0 Å². The van der Waals surface area contributed by atoms with Crippen molar-refractivity contribution in [1.82, 2.24) is 0 Å². The molecule has 6 heteroatoms. The van der Waals surface area contributed by atoms with Crippen LogP contribution in [0.4, 0.5) is 11.4 Å². The molecular formula is C15H14Cl3N3. The molecule has 0 aliphatic rings. The van der Waals surface area contributed by atoms with Gasteiger partial charge in [-0.2, -0.15) is 5.10 Å². The predicted octanol–water partition coefficient (Wildman–Crippen LogP) is 5.52. The molecule has 3 nitrogen and oxygen atoms in total. The lowest BCUT2D eigenvalue weighted by Gasteiger charge is -2.10. The van der Waals surface area contributed by atoms with E-state index in [9.17, 15) is 0 Å². The number of nitrogens with zero attached hydrogens (tertiary/aromatic N) is 1. The second-order valence-electron chi connectivity index (χ2n) is 4.38. The number of hydrazone groups is 1. The van der Waals surface area contributed by atoms with Gasteiger partial charge in [0.15, 0.2) is 0 Å². The topological polar surface area (TPSA) is 36.4 Å². The van der Waals surface area contributed by atoms with E-state index in [4.69, 9.17) is 34.8 Å². The van der Waals surface area contributed by atoms with Gasteiger partial charge >= 0.3 is 0 Å². The quantitative estimate of drug-likeness (QED) is 0.566. The van der Waals surface area contributed by atoms with Crippen LogP contribution >= 0.6 is 34.8 Å². The summed E-state index contributed by atoms with van der Waals surface area (Å²) in [5.41, 5.74) is 6.40. The molecular weight excluding hydrogens is 329 g/mol. The van der Waals surface area contributed by atoms with Crippen molar-refractivity contribution in [2.45, 2.75) is 6.92 Å². The zero-order chi connectivity index (χ0) is 15.4. The first-order valence-corrected chi connectivity index (χ1v) is 7.37. The summed E-state index contributed by atoms with van der Waals surface area (Å²) < 4.78 is 0. The Morgan fingerprint density at radius 3 is 2.43 bits per heavy atom. The van der Waals surface area contributed by atoms with Crippen LogP contribution < -0.4 is 10.7 Å². The molecule has 0 aliphatic heterocycles. The largest absolute Gasteiger partial charge is 0.388 e. The fourth-order valence-corrected chi connectivity index (χ4v) is 2.28. The summed E-state index contributed by atoms with van der Waals surface area (Å²) in [7, 11) is 1.85. The molecule has 2 aromatic carbocycles. The van der Waals surface area contributed by atoms with Crippen LogP contribution in [0.5, 0.6) is 0 Å². The number of halogens is 3. The summed E-state index contributed by atoms with van der Waals surface area (Å²) >= 11 is 17.9. The van der Waals surface area contributed by atoms with E-state index in [2.05, 4.69) is 15.8 Å². The van der Waals surface area contributed by atoms with E-state index >= 15 is 0 Å². The van der Waals surface area contributed by atoms with Crippen LogP contribution in [0.15, 0.2) is 41.5 Å². The Hall–Kier alpha value is -1.42. The summed E-state index contributed by atoms with van der Waals surface area (Å²) in [5.74, 6) is 0. The van der Waals surface area contributed by atoms with Gasteiger partial charge in [0.05, 0.1) is 21.4 Å². The summed E-state index contributed by atoms with van der Waals surface area (Å²) in [4.78, 5) is 0. The highest BCUT2D eigenvalue weighted by Crippen LogP contribution is 2.25. The first-order valence-electron chi connectivity index (χ1n) is 6.24. The van der Waals surface area contributed by atoms with E-state index in [-0.39, 0.29) is 0 Å². The first kappa shape index (κ1) is 16.0. The zero-order valence-corrected chi connectivity index (χ0v) is 13.8. The standard InChI is InChI=1S/C15H14Cl3N3/c1-9(12-7-10(16)3-6-15(12)19-2)20-21-11-4-5-13(17)14(18)8-11/h3-8,19,21H,1-2H3/b20-9-. The molecule has 0 bridgehead atoms. The molecule has 0 spiro atoms. The Balaban J connectivity index is 2.24. The van der Waals surface area contributed by atoms with Crippen LogP contribution in [0, 0.1) is 0 Å². The van der Waals surface area contributed by atoms with Crippen LogP contribution in [0.1, 0.15) is 12.5 Å². The maximum atomic E-state index is 6.04. The molecule has 21 heavy (non-hydrogen) atoms. The third-order valence-corrected chi connectivity index (χ3v) is 3.89. The van der Waals surface area contributed by atoms with Crippen LogP contribution in [-0.4, -0.2) is 12.8 Å². The fourth-order valence-electron chi connectivity index (χ4n) is 1.81. The van der Waals surface area contributed by atoms with Gasteiger partial charge in [0.2, 0.25) is 0 Å². The number of hydrogen-bond donors (Lipinski definition) is 2. The van der Waals surface area contributed by atoms with Crippen LogP contribution in [0.25, 0.3) is 0 Å². The van der Waals surface area contributed by atoms with E-state index < -0.39 is 0 Å². The zero-order valence-electron chi connectivity index (χ0n) is 11.5. The normalized spacial score (nSPS) is 11.4. The van der Waals surface area contributed by atoms with E-state index in [0.29, 0.717) is 15.1 Å². The third kappa shape index (κ3) is 4.03. The molecule has 0 amide bonds. The molecule has 0 saturated carbocycles. The Morgan fingerprint density at radius 1 is 1.00 bits per heavy atom. The Bertz CT molecular complexity index is 684. The Labute approximate surface area is 138 Å². The van der Waals surface area contributed by atoms with E-state index in [1.54, 1.807) is 12.1 Å². The number of rotatable bonds is 4. The van der Waals surface area contributed by atoms with Gasteiger partial charge < -0.3 is 5.32 Å². The number of benzene rings is 2. The molecule has 0 aromatic heterocycles. The van der Waals surface area contributed by atoms with Gasteiger partial charge in [-0.3, -0.25) is 5.43 Å². The summed E-state index contributed by atoms with van der Waals surface area (Å²) in [6.07, 6.45) is 0. The molecule has 110 valence electrons. The van der Waals surface area contributed by atoms with Crippen LogP contribution in [0.2, 0.25) is 15.1 Å². The highest BCUT2D eigenvalue weighted by molar-refractivity contribution is 6.42. The van der Waals surface area contributed by atoms with Crippen molar-refractivity contribution >= 4 is 51.9 Å². The summed E-state index contributed by atoms with van der Waals surface area (Å²) in [6, 6.07) is 10.9. The summed E-state index contributed by atoms with van der Waals surface area (Å²) in [5, 5.41) is 9.11. The average molecular weight is 343 g/mol. The van der Waals surface area contributed by atoms with Crippen molar-refractivity contribution in [3.8, 4) is 0 Å². The van der Waals surface area contributed by atoms with E-state index in [1.807, 2.05) is 38.2 Å². The Morgan fingerprint density at radius 2 is 1.76 bits per heavy atom.